The van der Waals surface area contributed by atoms with Crippen LogP contribution in [0.15, 0.2) is 0 Å². The standard InChI is InChI=1S/C10H19NO3/c1-7(10(13)14-5)6-9(12)8(2)11(3)4/h7-8H,6H2,1-5H3. The van der Waals surface area contributed by atoms with Gasteiger partial charge in [0.05, 0.1) is 19.1 Å². The van der Waals surface area contributed by atoms with Gasteiger partial charge in [-0.15, -0.1) is 0 Å². The first kappa shape index (κ1) is 13.1. The Bertz CT molecular complexity index is 213. The van der Waals surface area contributed by atoms with E-state index in [1.165, 1.54) is 7.11 Å². The Morgan fingerprint density at radius 2 is 1.79 bits per heavy atom. The van der Waals surface area contributed by atoms with Crippen LogP contribution in [0.25, 0.3) is 0 Å². The van der Waals surface area contributed by atoms with E-state index in [4.69, 9.17) is 0 Å². The van der Waals surface area contributed by atoms with Crippen molar-refractivity contribution in [2.75, 3.05) is 21.2 Å². The zero-order valence-electron chi connectivity index (χ0n) is 9.53. The van der Waals surface area contributed by atoms with Crippen LogP contribution in [0.4, 0.5) is 0 Å². The summed E-state index contributed by atoms with van der Waals surface area (Å²) in [6.07, 6.45) is 0.242. The SMILES string of the molecule is COC(=O)C(C)CC(=O)C(C)N(C)C. The number of hydrogen-bond donors (Lipinski definition) is 0. The minimum absolute atomic E-state index is 0.0629. The number of carbonyl (C=O) groups excluding carboxylic acids is 2. The predicted molar refractivity (Wildman–Crippen MR) is 54.0 cm³/mol. The van der Waals surface area contributed by atoms with E-state index in [1.54, 1.807) is 6.92 Å². The molecule has 2 atom stereocenters. The van der Waals surface area contributed by atoms with E-state index in [9.17, 15) is 9.59 Å². The molecule has 0 aliphatic heterocycles. The average Bonchev–Trinajstić information content (AvgIpc) is 2.14. The van der Waals surface area contributed by atoms with Crippen molar-refractivity contribution in [3.63, 3.8) is 0 Å². The van der Waals surface area contributed by atoms with E-state index in [2.05, 4.69) is 4.74 Å². The van der Waals surface area contributed by atoms with Crippen LogP contribution < -0.4 is 0 Å². The largest absolute Gasteiger partial charge is 0.469 e. The second-order valence-corrected chi connectivity index (χ2v) is 3.73. The molecule has 0 aromatic carbocycles. The second-order valence-electron chi connectivity index (χ2n) is 3.73. The van der Waals surface area contributed by atoms with Crippen LogP contribution in [-0.2, 0) is 14.3 Å². The third-order valence-electron chi connectivity index (χ3n) is 2.35. The zero-order valence-corrected chi connectivity index (χ0v) is 9.53. The van der Waals surface area contributed by atoms with Gasteiger partial charge in [0.15, 0.2) is 5.78 Å². The lowest BCUT2D eigenvalue weighted by Gasteiger charge is -2.19. The molecule has 0 fully saturated rings. The van der Waals surface area contributed by atoms with Crippen molar-refractivity contribution in [2.45, 2.75) is 26.3 Å². The summed E-state index contributed by atoms with van der Waals surface area (Å²) >= 11 is 0. The quantitative estimate of drug-likeness (QED) is 0.614. The minimum atomic E-state index is -0.352. The number of nitrogens with zero attached hydrogens (tertiary/aromatic N) is 1. The number of ether oxygens (including phenoxy) is 1. The van der Waals surface area contributed by atoms with E-state index in [0.29, 0.717) is 0 Å². The molecule has 0 saturated heterocycles. The van der Waals surface area contributed by atoms with E-state index < -0.39 is 0 Å². The van der Waals surface area contributed by atoms with Gasteiger partial charge >= 0.3 is 5.97 Å². The summed E-state index contributed by atoms with van der Waals surface area (Å²) in [6, 6.07) is -0.151. The number of hydrogen-bond acceptors (Lipinski definition) is 4. The highest BCUT2D eigenvalue weighted by atomic mass is 16.5. The molecule has 0 aliphatic carbocycles. The third kappa shape index (κ3) is 3.87. The molecule has 0 radical (unpaired) electrons. The maximum atomic E-state index is 11.6. The summed E-state index contributed by atoms with van der Waals surface area (Å²) in [5.41, 5.74) is 0. The van der Waals surface area contributed by atoms with Crippen LogP contribution >= 0.6 is 0 Å². The molecule has 0 N–H and O–H groups in total. The van der Waals surface area contributed by atoms with Gasteiger partial charge in [0.2, 0.25) is 0 Å². The maximum absolute atomic E-state index is 11.6. The number of Topliss-reactive ketones (excluding diaryl/α,β-unsaturated/α-hetero) is 1. The molecule has 0 aliphatic rings. The molecule has 0 rings (SSSR count). The van der Waals surface area contributed by atoms with Crippen molar-refractivity contribution in [1.82, 2.24) is 4.90 Å². The van der Waals surface area contributed by atoms with Crippen molar-refractivity contribution in [1.29, 1.82) is 0 Å². The zero-order chi connectivity index (χ0) is 11.3. The van der Waals surface area contributed by atoms with Crippen LogP contribution in [0.3, 0.4) is 0 Å². The number of likely N-dealkylation sites (N-methyl/N-ethyl adjacent to an activating group) is 1. The van der Waals surface area contributed by atoms with Crippen molar-refractivity contribution >= 4 is 11.8 Å². The molecule has 0 spiro atoms. The van der Waals surface area contributed by atoms with Crippen LogP contribution in [0.2, 0.25) is 0 Å². The molecule has 0 heterocycles. The molecule has 0 aromatic rings. The van der Waals surface area contributed by atoms with Gasteiger partial charge in [0.25, 0.3) is 0 Å². The molecule has 82 valence electrons. The molecule has 2 unspecified atom stereocenters. The molecule has 14 heavy (non-hydrogen) atoms. The highest BCUT2D eigenvalue weighted by Gasteiger charge is 2.22. The van der Waals surface area contributed by atoms with Gasteiger partial charge in [-0.3, -0.25) is 14.5 Å². The Morgan fingerprint density at radius 3 is 2.14 bits per heavy atom. The number of rotatable bonds is 5. The van der Waals surface area contributed by atoms with E-state index >= 15 is 0 Å². The van der Waals surface area contributed by atoms with Gasteiger partial charge in [-0.2, -0.15) is 0 Å². The third-order valence-corrected chi connectivity index (χ3v) is 2.35. The molecule has 0 bridgehead atoms. The number of carbonyl (C=O) groups is 2. The first-order valence-electron chi connectivity index (χ1n) is 4.67. The Morgan fingerprint density at radius 1 is 1.29 bits per heavy atom. The van der Waals surface area contributed by atoms with Crippen molar-refractivity contribution in [2.24, 2.45) is 5.92 Å². The first-order chi connectivity index (χ1) is 6.40. The summed E-state index contributed by atoms with van der Waals surface area (Å²) in [5.74, 6) is -0.618. The number of methoxy groups -OCH3 is 1. The Labute approximate surface area is 85.2 Å². The lowest BCUT2D eigenvalue weighted by atomic mass is 10.0. The van der Waals surface area contributed by atoms with Crippen LogP contribution in [-0.4, -0.2) is 43.9 Å². The van der Waals surface area contributed by atoms with Gasteiger partial charge in [0.1, 0.15) is 0 Å². The Hall–Kier alpha value is -0.900. The van der Waals surface area contributed by atoms with Gasteiger partial charge in [0, 0.05) is 6.42 Å². The number of ketones is 1. The monoisotopic (exact) mass is 201 g/mol. The number of esters is 1. The maximum Gasteiger partial charge on any atom is 0.308 e. The normalized spacial score (nSPS) is 15.0. The van der Waals surface area contributed by atoms with Crippen LogP contribution in [0.5, 0.6) is 0 Å². The van der Waals surface area contributed by atoms with Gasteiger partial charge in [-0.1, -0.05) is 6.92 Å². The van der Waals surface area contributed by atoms with Crippen molar-refractivity contribution in [3.05, 3.63) is 0 Å². The van der Waals surface area contributed by atoms with E-state index in [1.807, 2.05) is 25.9 Å². The average molecular weight is 201 g/mol. The van der Waals surface area contributed by atoms with Gasteiger partial charge in [-0.05, 0) is 21.0 Å². The van der Waals surface area contributed by atoms with Crippen molar-refractivity contribution in [3.8, 4) is 0 Å². The second kappa shape index (κ2) is 5.75. The fourth-order valence-corrected chi connectivity index (χ4v) is 1.04. The summed E-state index contributed by atoms with van der Waals surface area (Å²) in [7, 11) is 5.01. The molecule has 4 heteroatoms. The fraction of sp³-hybridized carbons (Fsp3) is 0.800. The van der Waals surface area contributed by atoms with E-state index in [-0.39, 0.29) is 30.1 Å². The topological polar surface area (TPSA) is 46.6 Å². The molecular weight excluding hydrogens is 182 g/mol. The highest BCUT2D eigenvalue weighted by Crippen LogP contribution is 2.08. The van der Waals surface area contributed by atoms with Gasteiger partial charge < -0.3 is 4.74 Å². The molecule has 0 aromatic heterocycles. The lowest BCUT2D eigenvalue weighted by Crippen LogP contribution is -2.34. The summed E-state index contributed by atoms with van der Waals surface area (Å²) < 4.78 is 4.55. The predicted octanol–water partition coefficient (Wildman–Crippen LogP) is 0.705. The Kier molecular flexibility index (Phi) is 5.38. The summed E-state index contributed by atoms with van der Waals surface area (Å²) in [4.78, 5) is 24.4. The van der Waals surface area contributed by atoms with Crippen LogP contribution in [0, 0.1) is 5.92 Å². The molecule has 0 amide bonds. The Balaban J connectivity index is 4.12. The fourth-order valence-electron chi connectivity index (χ4n) is 1.04. The smallest absolute Gasteiger partial charge is 0.308 e. The van der Waals surface area contributed by atoms with Crippen LogP contribution in [0.1, 0.15) is 20.3 Å². The molecule has 0 saturated carbocycles. The van der Waals surface area contributed by atoms with Gasteiger partial charge in [-0.25, -0.2) is 0 Å². The lowest BCUT2D eigenvalue weighted by molar-refractivity contribution is -0.146. The van der Waals surface area contributed by atoms with E-state index in [0.717, 1.165) is 0 Å². The molecule has 4 nitrogen and oxygen atoms in total. The first-order valence-corrected chi connectivity index (χ1v) is 4.67. The highest BCUT2D eigenvalue weighted by molar-refractivity contribution is 5.87. The minimum Gasteiger partial charge on any atom is -0.469 e. The molecular formula is C10H19NO3. The summed E-state index contributed by atoms with van der Waals surface area (Å²) in [6.45, 7) is 3.53. The summed E-state index contributed by atoms with van der Waals surface area (Å²) in [5, 5.41) is 0. The van der Waals surface area contributed by atoms with Crippen molar-refractivity contribution < 1.29 is 14.3 Å².